The second-order valence-corrected chi connectivity index (χ2v) is 6.19. The smallest absolute Gasteiger partial charge is 0.326 e. The molecule has 0 rings (SSSR count). The molecule has 8 nitrogen and oxygen atoms in total. The van der Waals surface area contributed by atoms with E-state index in [1.165, 1.54) is 11.8 Å². The quantitative estimate of drug-likeness (QED) is 0.336. The maximum Gasteiger partial charge on any atom is 0.326 e. The highest BCUT2D eigenvalue weighted by Crippen LogP contribution is 2.06. The minimum Gasteiger partial charge on any atom is -0.480 e. The summed E-state index contributed by atoms with van der Waals surface area (Å²) in [4.78, 5) is 35.0. The number of aliphatic hydroxyl groups excluding tert-OH is 1. The number of thioether (sulfide) groups is 1. The second-order valence-electron chi connectivity index (χ2n) is 5.20. The van der Waals surface area contributed by atoms with E-state index < -0.39 is 42.5 Å². The van der Waals surface area contributed by atoms with E-state index in [0.717, 1.165) is 0 Å². The van der Waals surface area contributed by atoms with E-state index in [2.05, 4.69) is 10.6 Å². The maximum atomic E-state index is 12.2. The molecule has 128 valence electrons. The Morgan fingerprint density at radius 2 is 1.77 bits per heavy atom. The van der Waals surface area contributed by atoms with Crippen LogP contribution in [0.4, 0.5) is 0 Å². The molecule has 0 aromatic rings. The number of aliphatic carboxylic acids is 1. The third-order valence-electron chi connectivity index (χ3n) is 3.01. The number of nitrogens with one attached hydrogen (secondary N) is 2. The lowest BCUT2D eigenvalue weighted by Gasteiger charge is -2.25. The predicted molar refractivity (Wildman–Crippen MR) is 84.4 cm³/mol. The molecule has 0 heterocycles. The van der Waals surface area contributed by atoms with Crippen LogP contribution in [0.2, 0.25) is 0 Å². The van der Waals surface area contributed by atoms with Crippen LogP contribution in [0.5, 0.6) is 0 Å². The van der Waals surface area contributed by atoms with Crippen molar-refractivity contribution < 1.29 is 24.6 Å². The fraction of sp³-hybridized carbons (Fsp3) is 0.769. The van der Waals surface area contributed by atoms with Crippen molar-refractivity contribution in [2.24, 2.45) is 11.7 Å². The highest BCUT2D eigenvalue weighted by atomic mass is 32.2. The van der Waals surface area contributed by atoms with Crippen molar-refractivity contribution in [2.45, 2.75) is 38.4 Å². The van der Waals surface area contributed by atoms with Crippen molar-refractivity contribution >= 4 is 29.5 Å². The number of carbonyl (C=O) groups excluding carboxylic acids is 2. The molecule has 6 N–H and O–H groups in total. The van der Waals surface area contributed by atoms with Crippen LogP contribution in [-0.4, -0.2) is 64.7 Å². The topological polar surface area (TPSA) is 142 Å². The molecule has 2 amide bonds. The Labute approximate surface area is 134 Å². The zero-order valence-electron chi connectivity index (χ0n) is 13.0. The molecular weight excluding hydrogens is 310 g/mol. The Morgan fingerprint density at radius 3 is 2.18 bits per heavy atom. The molecule has 0 aliphatic rings. The van der Waals surface area contributed by atoms with Gasteiger partial charge < -0.3 is 26.6 Å². The van der Waals surface area contributed by atoms with Crippen molar-refractivity contribution in [3.63, 3.8) is 0 Å². The van der Waals surface area contributed by atoms with Crippen molar-refractivity contribution in [3.8, 4) is 0 Å². The molecule has 0 spiro atoms. The molecule has 0 aromatic carbocycles. The molecule has 9 heteroatoms. The molecule has 0 aromatic heterocycles. The number of carboxylic acid groups (broad SMARTS) is 1. The number of aliphatic hydroxyl groups is 1. The number of amides is 2. The summed E-state index contributed by atoms with van der Waals surface area (Å²) >= 11 is 1.48. The zero-order chi connectivity index (χ0) is 17.3. The van der Waals surface area contributed by atoms with Gasteiger partial charge in [-0.3, -0.25) is 9.59 Å². The third kappa shape index (κ3) is 7.10. The summed E-state index contributed by atoms with van der Waals surface area (Å²) < 4.78 is 0. The Kier molecular flexibility index (Phi) is 9.79. The minimum absolute atomic E-state index is 0.259. The monoisotopic (exact) mass is 335 g/mol. The summed E-state index contributed by atoms with van der Waals surface area (Å²) in [5.74, 6) is -2.03. The lowest BCUT2D eigenvalue weighted by Crippen LogP contribution is -2.56. The van der Waals surface area contributed by atoms with Gasteiger partial charge in [-0.05, 0) is 24.3 Å². The SMILES string of the molecule is CSCCC(NC(=O)C(NC(=O)C(N)CO)C(C)C)C(=O)O. The van der Waals surface area contributed by atoms with Crippen LogP contribution in [0, 0.1) is 5.92 Å². The first-order valence-electron chi connectivity index (χ1n) is 6.93. The fourth-order valence-electron chi connectivity index (χ4n) is 1.63. The van der Waals surface area contributed by atoms with E-state index in [4.69, 9.17) is 15.9 Å². The average molecular weight is 335 g/mol. The van der Waals surface area contributed by atoms with Gasteiger partial charge in [0.2, 0.25) is 11.8 Å². The summed E-state index contributed by atoms with van der Waals surface area (Å²) in [6.45, 7) is 2.89. The lowest BCUT2D eigenvalue weighted by atomic mass is 10.0. The van der Waals surface area contributed by atoms with E-state index in [0.29, 0.717) is 5.75 Å². The van der Waals surface area contributed by atoms with Crippen molar-refractivity contribution in [1.29, 1.82) is 0 Å². The van der Waals surface area contributed by atoms with Gasteiger partial charge in [0, 0.05) is 0 Å². The fourth-order valence-corrected chi connectivity index (χ4v) is 2.10. The summed E-state index contributed by atoms with van der Waals surface area (Å²) in [5, 5.41) is 22.8. The van der Waals surface area contributed by atoms with Crippen LogP contribution >= 0.6 is 11.8 Å². The van der Waals surface area contributed by atoms with Gasteiger partial charge in [0.1, 0.15) is 18.1 Å². The summed E-state index contributed by atoms with van der Waals surface area (Å²) in [7, 11) is 0. The zero-order valence-corrected chi connectivity index (χ0v) is 13.9. The maximum absolute atomic E-state index is 12.2. The van der Waals surface area contributed by atoms with Crippen LogP contribution in [0.1, 0.15) is 20.3 Å². The molecule has 3 unspecified atom stereocenters. The standard InChI is InChI=1S/C13H25N3O5S/c1-7(2)10(16-11(18)8(14)6-17)12(19)15-9(13(20)21)4-5-22-3/h7-10,17H,4-6,14H2,1-3H3,(H,15,19)(H,16,18)(H,20,21). The highest BCUT2D eigenvalue weighted by molar-refractivity contribution is 7.98. The lowest BCUT2D eigenvalue weighted by molar-refractivity contribution is -0.142. The number of hydrogen-bond acceptors (Lipinski definition) is 6. The molecule has 0 bridgehead atoms. The van der Waals surface area contributed by atoms with Crippen LogP contribution in [-0.2, 0) is 14.4 Å². The molecule has 0 saturated heterocycles. The molecule has 0 aliphatic carbocycles. The highest BCUT2D eigenvalue weighted by Gasteiger charge is 2.29. The van der Waals surface area contributed by atoms with E-state index in [1.807, 2.05) is 6.26 Å². The van der Waals surface area contributed by atoms with Crippen molar-refractivity contribution in [2.75, 3.05) is 18.6 Å². The number of carboxylic acids is 1. The molecular formula is C13H25N3O5S. The van der Waals surface area contributed by atoms with Gasteiger partial charge in [0.15, 0.2) is 0 Å². The van der Waals surface area contributed by atoms with Crippen molar-refractivity contribution in [3.05, 3.63) is 0 Å². The Balaban J connectivity index is 4.83. The number of hydrogen-bond donors (Lipinski definition) is 5. The largest absolute Gasteiger partial charge is 0.480 e. The van der Waals surface area contributed by atoms with E-state index in [-0.39, 0.29) is 12.3 Å². The van der Waals surface area contributed by atoms with E-state index >= 15 is 0 Å². The van der Waals surface area contributed by atoms with Gasteiger partial charge in [-0.2, -0.15) is 11.8 Å². The van der Waals surface area contributed by atoms with E-state index in [9.17, 15) is 14.4 Å². The normalized spacial score (nSPS) is 15.0. The Morgan fingerprint density at radius 1 is 1.18 bits per heavy atom. The number of rotatable bonds is 10. The number of carbonyl (C=O) groups is 3. The Hall–Kier alpha value is -1.32. The van der Waals surface area contributed by atoms with Gasteiger partial charge in [0.25, 0.3) is 0 Å². The minimum atomic E-state index is -1.12. The summed E-state index contributed by atoms with van der Waals surface area (Å²) in [6.07, 6.45) is 2.13. The van der Waals surface area contributed by atoms with Crippen LogP contribution in [0.15, 0.2) is 0 Å². The van der Waals surface area contributed by atoms with Crippen molar-refractivity contribution in [1.82, 2.24) is 10.6 Å². The molecule has 0 fully saturated rings. The van der Waals surface area contributed by atoms with Gasteiger partial charge in [0.05, 0.1) is 6.61 Å². The van der Waals surface area contributed by atoms with Gasteiger partial charge >= 0.3 is 5.97 Å². The first-order valence-corrected chi connectivity index (χ1v) is 8.32. The van der Waals surface area contributed by atoms with Gasteiger partial charge in [-0.1, -0.05) is 13.8 Å². The number of nitrogens with two attached hydrogens (primary N) is 1. The summed E-state index contributed by atoms with van der Waals surface area (Å²) in [6, 6.07) is -3.05. The van der Waals surface area contributed by atoms with Crippen LogP contribution in [0.25, 0.3) is 0 Å². The molecule has 0 saturated carbocycles. The van der Waals surface area contributed by atoms with Crippen LogP contribution < -0.4 is 16.4 Å². The van der Waals surface area contributed by atoms with E-state index in [1.54, 1.807) is 13.8 Å². The molecule has 22 heavy (non-hydrogen) atoms. The van der Waals surface area contributed by atoms with Gasteiger partial charge in [-0.15, -0.1) is 0 Å². The summed E-state index contributed by atoms with van der Waals surface area (Å²) in [5.41, 5.74) is 5.39. The van der Waals surface area contributed by atoms with Crippen LogP contribution in [0.3, 0.4) is 0 Å². The molecule has 0 radical (unpaired) electrons. The first kappa shape index (κ1) is 20.7. The Bertz CT molecular complexity index is 392. The molecule has 3 atom stereocenters. The van der Waals surface area contributed by atoms with Gasteiger partial charge in [-0.25, -0.2) is 4.79 Å². The molecule has 0 aliphatic heterocycles. The third-order valence-corrected chi connectivity index (χ3v) is 3.65. The predicted octanol–water partition coefficient (Wildman–Crippen LogP) is -1.23. The first-order chi connectivity index (χ1) is 10.2. The second kappa shape index (κ2) is 10.4. The average Bonchev–Trinajstić information content (AvgIpc) is 2.46.